The van der Waals surface area contributed by atoms with E-state index in [0.29, 0.717) is 0 Å². The minimum absolute atomic E-state index is 0. The van der Waals surface area contributed by atoms with Crippen molar-refractivity contribution in [2.75, 3.05) is 0 Å². The van der Waals surface area contributed by atoms with Gasteiger partial charge in [0.2, 0.25) is 0 Å². The van der Waals surface area contributed by atoms with Gasteiger partial charge in [-0.25, -0.2) is 0 Å². The van der Waals surface area contributed by atoms with Gasteiger partial charge in [-0.3, -0.25) is 0 Å². The van der Waals surface area contributed by atoms with Crippen molar-refractivity contribution in [3.63, 3.8) is 0 Å². The third-order valence-electron chi connectivity index (χ3n) is 1.50. The first-order valence-corrected chi connectivity index (χ1v) is 21.0. The number of nitrogens with one attached hydrogen (secondary N) is 2. The topological polar surface area (TPSA) is 24.1 Å². The first-order valence-electron chi connectivity index (χ1n) is 7.00. The van der Waals surface area contributed by atoms with E-state index in [2.05, 4.69) is 87.9 Å². The predicted molar refractivity (Wildman–Crippen MR) is 107 cm³/mol. The molecule has 0 atom stereocenters. The quantitative estimate of drug-likeness (QED) is 0.756. The van der Waals surface area contributed by atoms with Gasteiger partial charge in [-0.05, 0) is 0 Å². The molecule has 0 fully saturated rings. The molecule has 0 aliphatic heterocycles. The Bertz CT molecular complexity index is 184. The Balaban J connectivity index is -0.000000256. The van der Waals surface area contributed by atoms with E-state index in [1.807, 2.05) is 0 Å². The van der Waals surface area contributed by atoms with Gasteiger partial charge in [-0.15, -0.1) is 0 Å². The van der Waals surface area contributed by atoms with Gasteiger partial charge in [0.15, 0.2) is 0 Å². The van der Waals surface area contributed by atoms with E-state index in [4.69, 9.17) is 0 Å². The molecule has 2 N–H and O–H groups in total. The predicted octanol–water partition coefficient (Wildman–Crippen LogP) is 3.84. The third-order valence-corrected chi connectivity index (χ3v) is 13.5. The molecule has 0 aromatic rings. The van der Waals surface area contributed by atoms with Gasteiger partial charge >= 0.3 is 29.6 Å². The monoisotopic (exact) mass is 346 g/mol. The average Bonchev–Trinajstić information content (AvgIpc) is 1.64. The molecule has 0 radical (unpaired) electrons. The summed E-state index contributed by atoms with van der Waals surface area (Å²) in [6, 6.07) is 0. The van der Waals surface area contributed by atoms with E-state index in [1.54, 1.807) is 0 Å². The van der Waals surface area contributed by atoms with E-state index in [-0.39, 0.29) is 29.6 Å². The maximum absolute atomic E-state index is 3.74. The fraction of sp³-hybridized carbons (Fsp3) is 1.00. The van der Waals surface area contributed by atoms with Gasteiger partial charge in [0.1, 0.15) is 32.9 Å². The van der Waals surface area contributed by atoms with Crippen LogP contribution in [0.1, 0.15) is 0 Å². The fourth-order valence-corrected chi connectivity index (χ4v) is 20.2. The summed E-state index contributed by atoms with van der Waals surface area (Å²) in [5, 5.41) is 0. The van der Waals surface area contributed by atoms with Crippen LogP contribution in [0, 0.1) is 0 Å². The molecule has 0 heterocycles. The SMILES string of the molecule is C[Si](C)(C)N[Si](C)(C)C.C[Si](C)(C)N[Si](C)(C)C.[NaH]. The average molecular weight is 347 g/mol. The van der Waals surface area contributed by atoms with Gasteiger partial charge in [-0.1, -0.05) is 78.6 Å². The van der Waals surface area contributed by atoms with Crippen LogP contribution in [0.3, 0.4) is 0 Å². The van der Waals surface area contributed by atoms with Gasteiger partial charge < -0.3 is 9.30 Å². The van der Waals surface area contributed by atoms with E-state index in [9.17, 15) is 0 Å². The second-order valence-corrected chi connectivity index (χ2v) is 29.2. The van der Waals surface area contributed by atoms with Gasteiger partial charge in [0, 0.05) is 0 Å². The van der Waals surface area contributed by atoms with Crippen LogP contribution < -0.4 is 9.30 Å². The molecule has 0 spiro atoms. The minimum atomic E-state index is -0.981. The summed E-state index contributed by atoms with van der Waals surface area (Å²) in [5.41, 5.74) is 0. The van der Waals surface area contributed by atoms with E-state index in [1.165, 1.54) is 0 Å². The van der Waals surface area contributed by atoms with E-state index in [0.717, 1.165) is 0 Å². The molecule has 0 rings (SSSR count). The van der Waals surface area contributed by atoms with Gasteiger partial charge in [0.25, 0.3) is 0 Å². The molecule has 0 amide bonds. The van der Waals surface area contributed by atoms with Crippen molar-refractivity contribution in [3.05, 3.63) is 0 Å². The Labute approximate surface area is 149 Å². The summed E-state index contributed by atoms with van der Waals surface area (Å²) >= 11 is 0. The van der Waals surface area contributed by atoms with Crippen LogP contribution in [0.4, 0.5) is 0 Å². The van der Waals surface area contributed by atoms with Crippen LogP contribution in [0.5, 0.6) is 0 Å². The third kappa shape index (κ3) is 32.9. The van der Waals surface area contributed by atoms with E-state index < -0.39 is 32.9 Å². The molecule has 0 aromatic heterocycles. The first-order chi connectivity index (χ1) is 7.41. The van der Waals surface area contributed by atoms with Crippen molar-refractivity contribution in [3.8, 4) is 0 Å². The molecule has 7 heteroatoms. The molecule has 19 heavy (non-hydrogen) atoms. The molecule has 0 bridgehead atoms. The van der Waals surface area contributed by atoms with Crippen LogP contribution in [0.25, 0.3) is 0 Å². The Morgan fingerprint density at radius 3 is 0.474 bits per heavy atom. The number of hydrogen-bond acceptors (Lipinski definition) is 2. The van der Waals surface area contributed by atoms with Crippen LogP contribution in [0.15, 0.2) is 0 Å². The molecular weight excluding hydrogens is 307 g/mol. The van der Waals surface area contributed by atoms with Crippen LogP contribution in [-0.2, 0) is 0 Å². The Kier molecular flexibility index (Phi) is 12.2. The maximum atomic E-state index is 3.74. The van der Waals surface area contributed by atoms with Gasteiger partial charge in [0.05, 0.1) is 0 Å². The Hall–Kier alpha value is 1.79. The first kappa shape index (κ1) is 25.7. The summed E-state index contributed by atoms with van der Waals surface area (Å²) < 4.78 is 7.47. The molecule has 2 nitrogen and oxygen atoms in total. The van der Waals surface area contributed by atoms with Crippen molar-refractivity contribution in [1.82, 2.24) is 9.30 Å². The molecule has 0 aliphatic carbocycles. The normalized spacial score (nSPS) is 13.3. The Morgan fingerprint density at radius 1 is 0.368 bits per heavy atom. The van der Waals surface area contributed by atoms with E-state index >= 15 is 0 Å². The molecule has 114 valence electrons. The summed E-state index contributed by atoms with van der Waals surface area (Å²) in [5.74, 6) is 0. The molecule has 0 aliphatic rings. The van der Waals surface area contributed by atoms with Crippen LogP contribution in [0.2, 0.25) is 78.6 Å². The number of rotatable bonds is 4. The molecule has 0 saturated carbocycles. The van der Waals surface area contributed by atoms with Crippen molar-refractivity contribution in [2.45, 2.75) is 78.6 Å². The summed E-state index contributed by atoms with van der Waals surface area (Å²) in [6.07, 6.45) is 0. The zero-order valence-corrected chi connectivity index (χ0v) is 19.0. The number of hydrogen-bond donors (Lipinski definition) is 2. The fourth-order valence-electron chi connectivity index (χ4n) is 2.25. The molecule has 0 aromatic carbocycles. The Morgan fingerprint density at radius 2 is 0.474 bits per heavy atom. The van der Waals surface area contributed by atoms with Crippen molar-refractivity contribution >= 4 is 62.5 Å². The molecular formula is C12H39N2NaSi4. The zero-order valence-electron chi connectivity index (χ0n) is 15.0. The van der Waals surface area contributed by atoms with Crippen LogP contribution in [-0.4, -0.2) is 62.5 Å². The summed E-state index contributed by atoms with van der Waals surface area (Å²) in [4.78, 5) is 0. The zero-order chi connectivity index (χ0) is 15.4. The second-order valence-electron chi connectivity index (χ2n) is 9.25. The molecule has 0 saturated heterocycles. The molecule has 0 unspecified atom stereocenters. The standard InChI is InChI=1S/2C6H19NSi2.Na.H/c2*1-8(2,3)7-9(4,5)6;;/h2*7H,1-6H3;;. The van der Waals surface area contributed by atoms with Crippen molar-refractivity contribution in [1.29, 1.82) is 0 Å². The second kappa shape index (κ2) is 9.05. The summed E-state index contributed by atoms with van der Waals surface area (Å²) in [7, 11) is -3.92. The van der Waals surface area contributed by atoms with Crippen molar-refractivity contribution in [2.24, 2.45) is 0 Å². The van der Waals surface area contributed by atoms with Gasteiger partial charge in [-0.2, -0.15) is 0 Å². The summed E-state index contributed by atoms with van der Waals surface area (Å²) in [6.45, 7) is 28.2. The van der Waals surface area contributed by atoms with Crippen LogP contribution >= 0.6 is 0 Å². The van der Waals surface area contributed by atoms with Crippen molar-refractivity contribution < 1.29 is 0 Å².